The first kappa shape index (κ1) is 19.7. The Hall–Kier alpha value is -2.57. The van der Waals surface area contributed by atoms with Gasteiger partial charge in [-0.15, -0.1) is 0 Å². The average molecular weight is 411 g/mol. The van der Waals surface area contributed by atoms with E-state index in [2.05, 4.69) is 30.1 Å². The van der Waals surface area contributed by atoms with E-state index < -0.39 is 10.0 Å². The molecule has 152 valence electrons. The molecule has 2 heterocycles. The number of hydrogen-bond acceptors (Lipinski definition) is 3. The second-order valence-corrected chi connectivity index (χ2v) is 9.62. The molecule has 0 amide bonds. The summed E-state index contributed by atoms with van der Waals surface area (Å²) < 4.78 is 33.2. The Morgan fingerprint density at radius 2 is 1.86 bits per heavy atom. The summed E-state index contributed by atoms with van der Waals surface area (Å²) in [5.74, 6) is 0.675. The number of sulfonamides is 1. The third kappa shape index (κ3) is 3.82. The minimum atomic E-state index is -3.52. The molecule has 3 aromatic rings. The van der Waals surface area contributed by atoms with Gasteiger partial charge in [-0.3, -0.25) is 0 Å². The van der Waals surface area contributed by atoms with Crippen LogP contribution in [-0.4, -0.2) is 36.9 Å². The maximum absolute atomic E-state index is 13.0. The molecule has 6 heteroatoms. The highest BCUT2D eigenvalue weighted by atomic mass is 32.2. The smallest absolute Gasteiger partial charge is 0.243 e. The fraction of sp³-hybridized carbons (Fsp3) is 0.304. The van der Waals surface area contributed by atoms with Crippen molar-refractivity contribution >= 4 is 26.5 Å². The van der Waals surface area contributed by atoms with E-state index in [-0.39, 0.29) is 6.10 Å². The maximum atomic E-state index is 13.0. The second-order valence-electron chi connectivity index (χ2n) is 7.68. The van der Waals surface area contributed by atoms with Crippen LogP contribution in [0.25, 0.3) is 16.5 Å². The van der Waals surface area contributed by atoms with Gasteiger partial charge in [0.1, 0.15) is 5.75 Å². The summed E-state index contributed by atoms with van der Waals surface area (Å²) >= 11 is 0. The number of hydrogen-bond donors (Lipinski definition) is 1. The molecule has 1 aliphatic heterocycles. The van der Waals surface area contributed by atoms with E-state index in [9.17, 15) is 8.42 Å². The number of aromatic amines is 1. The number of H-pyrrole nitrogens is 1. The lowest BCUT2D eigenvalue weighted by molar-refractivity contribution is 0.242. The highest BCUT2D eigenvalue weighted by molar-refractivity contribution is 7.89. The number of nitrogens with one attached hydrogen (secondary N) is 1. The fourth-order valence-corrected chi connectivity index (χ4v) is 5.18. The number of para-hydroxylation sites is 1. The lowest BCUT2D eigenvalue weighted by atomic mass is 9.99. The van der Waals surface area contributed by atoms with Gasteiger partial charge < -0.3 is 9.72 Å². The van der Waals surface area contributed by atoms with Crippen LogP contribution < -0.4 is 4.74 Å². The van der Waals surface area contributed by atoms with Crippen molar-refractivity contribution in [3.05, 3.63) is 65.9 Å². The van der Waals surface area contributed by atoms with E-state index in [1.807, 2.05) is 26.1 Å². The summed E-state index contributed by atoms with van der Waals surface area (Å²) in [5.41, 5.74) is 4.70. The van der Waals surface area contributed by atoms with Gasteiger partial charge in [0.15, 0.2) is 0 Å². The van der Waals surface area contributed by atoms with Crippen LogP contribution in [-0.2, 0) is 10.0 Å². The van der Waals surface area contributed by atoms with E-state index in [0.717, 1.165) is 11.1 Å². The van der Waals surface area contributed by atoms with Crippen LogP contribution in [0, 0.1) is 6.92 Å². The van der Waals surface area contributed by atoms with E-state index in [4.69, 9.17) is 4.74 Å². The van der Waals surface area contributed by atoms with Crippen molar-refractivity contribution in [3.63, 3.8) is 0 Å². The summed E-state index contributed by atoms with van der Waals surface area (Å²) in [6.07, 6.45) is 4.80. The normalized spacial score (nSPS) is 15.7. The Balaban J connectivity index is 1.54. The van der Waals surface area contributed by atoms with Gasteiger partial charge in [0, 0.05) is 35.8 Å². The van der Waals surface area contributed by atoms with Crippen LogP contribution in [0.3, 0.4) is 0 Å². The zero-order valence-electron chi connectivity index (χ0n) is 17.0. The molecule has 0 radical (unpaired) electrons. The SMILES string of the molecule is Cc1cccc2c(C3=CCN(S(=O)(=O)c4ccc(OC(C)C)cc4)CC3)c[nH]c12. The predicted molar refractivity (Wildman–Crippen MR) is 117 cm³/mol. The van der Waals surface area contributed by atoms with Gasteiger partial charge in [0.05, 0.1) is 11.0 Å². The molecule has 0 unspecified atom stereocenters. The van der Waals surface area contributed by atoms with E-state index in [1.54, 1.807) is 24.3 Å². The van der Waals surface area contributed by atoms with Crippen LogP contribution >= 0.6 is 0 Å². The van der Waals surface area contributed by atoms with Crippen LogP contribution in [0.2, 0.25) is 0 Å². The minimum absolute atomic E-state index is 0.0522. The Kier molecular flexibility index (Phi) is 5.23. The Bertz CT molecular complexity index is 1160. The van der Waals surface area contributed by atoms with E-state index >= 15 is 0 Å². The zero-order chi connectivity index (χ0) is 20.6. The van der Waals surface area contributed by atoms with Gasteiger partial charge in [0.25, 0.3) is 0 Å². The molecule has 4 rings (SSSR count). The molecular formula is C23H26N2O3S. The highest BCUT2D eigenvalue weighted by Crippen LogP contribution is 2.32. The Labute approximate surface area is 172 Å². The molecule has 0 saturated heterocycles. The molecule has 1 aromatic heterocycles. The van der Waals surface area contributed by atoms with Crippen LogP contribution in [0.5, 0.6) is 5.75 Å². The van der Waals surface area contributed by atoms with Crippen molar-refractivity contribution < 1.29 is 13.2 Å². The van der Waals surface area contributed by atoms with Crippen molar-refractivity contribution in [2.75, 3.05) is 13.1 Å². The number of aromatic nitrogens is 1. The quantitative estimate of drug-likeness (QED) is 0.661. The Morgan fingerprint density at radius 1 is 1.10 bits per heavy atom. The molecule has 0 atom stereocenters. The lowest BCUT2D eigenvalue weighted by Gasteiger charge is -2.26. The minimum Gasteiger partial charge on any atom is -0.491 e. The van der Waals surface area contributed by atoms with Gasteiger partial charge in [-0.25, -0.2) is 8.42 Å². The third-order valence-corrected chi connectivity index (χ3v) is 7.15. The number of nitrogens with zero attached hydrogens (tertiary/aromatic N) is 1. The first-order valence-corrected chi connectivity index (χ1v) is 11.3. The van der Waals surface area contributed by atoms with Crippen LogP contribution in [0.15, 0.2) is 59.6 Å². The highest BCUT2D eigenvalue weighted by Gasteiger charge is 2.27. The molecule has 1 aliphatic rings. The maximum Gasteiger partial charge on any atom is 0.243 e. The van der Waals surface area contributed by atoms with Crippen molar-refractivity contribution in [1.29, 1.82) is 0 Å². The molecule has 2 aromatic carbocycles. The lowest BCUT2D eigenvalue weighted by Crippen LogP contribution is -2.34. The molecule has 1 N–H and O–H groups in total. The van der Waals surface area contributed by atoms with Crippen LogP contribution in [0.4, 0.5) is 0 Å². The summed E-state index contributed by atoms with van der Waals surface area (Å²) in [5, 5.41) is 1.19. The molecular weight excluding hydrogens is 384 g/mol. The number of fused-ring (bicyclic) bond motifs is 1. The topological polar surface area (TPSA) is 62.4 Å². The van der Waals surface area contributed by atoms with Gasteiger partial charge in [-0.2, -0.15) is 4.31 Å². The van der Waals surface area contributed by atoms with Gasteiger partial charge >= 0.3 is 0 Å². The fourth-order valence-electron chi connectivity index (χ4n) is 3.80. The molecule has 0 fully saturated rings. The summed E-state index contributed by atoms with van der Waals surface area (Å²) in [6.45, 7) is 6.82. The molecule has 0 bridgehead atoms. The largest absolute Gasteiger partial charge is 0.491 e. The Morgan fingerprint density at radius 3 is 2.52 bits per heavy atom. The van der Waals surface area contributed by atoms with Crippen molar-refractivity contribution in [2.24, 2.45) is 0 Å². The third-order valence-electron chi connectivity index (χ3n) is 5.27. The number of ether oxygens (including phenoxy) is 1. The molecule has 0 saturated carbocycles. The molecule has 0 aliphatic carbocycles. The predicted octanol–water partition coefficient (Wildman–Crippen LogP) is 4.74. The van der Waals surface area contributed by atoms with Gasteiger partial charge in [-0.05, 0) is 62.6 Å². The van der Waals surface area contributed by atoms with Crippen molar-refractivity contribution in [1.82, 2.24) is 9.29 Å². The number of benzene rings is 2. The van der Waals surface area contributed by atoms with Gasteiger partial charge in [0.2, 0.25) is 10.0 Å². The van der Waals surface area contributed by atoms with Crippen molar-refractivity contribution in [3.8, 4) is 5.75 Å². The second kappa shape index (κ2) is 7.69. The molecule has 29 heavy (non-hydrogen) atoms. The first-order chi connectivity index (χ1) is 13.9. The molecule has 5 nitrogen and oxygen atoms in total. The monoisotopic (exact) mass is 410 g/mol. The van der Waals surface area contributed by atoms with E-state index in [0.29, 0.717) is 30.2 Å². The summed E-state index contributed by atoms with van der Waals surface area (Å²) in [7, 11) is -3.52. The summed E-state index contributed by atoms with van der Waals surface area (Å²) in [4.78, 5) is 3.65. The van der Waals surface area contributed by atoms with Crippen LogP contribution in [0.1, 0.15) is 31.4 Å². The average Bonchev–Trinajstić information content (AvgIpc) is 3.13. The van der Waals surface area contributed by atoms with E-state index in [1.165, 1.54) is 20.8 Å². The van der Waals surface area contributed by atoms with Crippen molar-refractivity contribution in [2.45, 2.75) is 38.2 Å². The van der Waals surface area contributed by atoms with Gasteiger partial charge in [-0.1, -0.05) is 24.3 Å². The first-order valence-electron chi connectivity index (χ1n) is 9.89. The zero-order valence-corrected chi connectivity index (χ0v) is 17.8. The number of rotatable bonds is 5. The molecule has 0 spiro atoms. The summed E-state index contributed by atoms with van der Waals surface area (Å²) in [6, 6.07) is 12.9. The number of aryl methyl sites for hydroxylation is 1. The standard InChI is InChI=1S/C23H26N2O3S/c1-16(2)28-19-7-9-20(10-8-19)29(26,27)25-13-11-18(12-14-25)22-15-24-23-17(3)5-4-6-21(22)23/h4-11,15-16,24H,12-14H2,1-3H3.